The normalized spacial score (nSPS) is 12.3. The van der Waals surface area contributed by atoms with Gasteiger partial charge in [0.25, 0.3) is 0 Å². The van der Waals surface area contributed by atoms with Crippen LogP contribution in [0.1, 0.15) is 48.6 Å². The molecule has 0 bridgehead atoms. The second kappa shape index (κ2) is 10.7. The number of nitriles is 1. The highest BCUT2D eigenvalue weighted by molar-refractivity contribution is 5.85. The molecular weight excluding hydrogens is 424 g/mol. The molecule has 0 heterocycles. The predicted molar refractivity (Wildman–Crippen MR) is 135 cm³/mol. The molecule has 0 saturated heterocycles. The van der Waals surface area contributed by atoms with E-state index in [0.29, 0.717) is 35.6 Å². The molecule has 0 amide bonds. The molecule has 3 aromatic rings. The molecule has 0 saturated carbocycles. The van der Waals surface area contributed by atoms with Crippen LogP contribution in [-0.4, -0.2) is 11.1 Å². The topological polar surface area (TPSA) is 82.4 Å². The number of benzene rings is 3. The lowest BCUT2D eigenvalue weighted by Crippen LogP contribution is -2.41. The smallest absolute Gasteiger partial charge is 0.333 e. The van der Waals surface area contributed by atoms with E-state index < -0.39 is 11.5 Å². The summed E-state index contributed by atoms with van der Waals surface area (Å²) < 4.78 is 6.34. The van der Waals surface area contributed by atoms with Gasteiger partial charge in [-0.3, -0.25) is 0 Å². The minimum absolute atomic E-state index is 0.315. The van der Waals surface area contributed by atoms with Gasteiger partial charge in [-0.2, -0.15) is 5.26 Å². The standard InChI is InChI=1S/C29H30N2O3/c1-5-21-16-24(15-20(2)3)27(34-19-23-9-7-6-8-10-23)26(17-21)29(4,28(32)33)31-25-13-11-22(18-30)12-14-25/h6-14,16-17,31H,2,5,15,19H2,1,3-4H3,(H,32,33). The molecule has 3 aromatic carbocycles. The number of rotatable bonds is 10. The Bertz CT molecular complexity index is 1210. The van der Waals surface area contributed by atoms with E-state index in [1.54, 1.807) is 31.2 Å². The van der Waals surface area contributed by atoms with Crippen molar-refractivity contribution in [2.75, 3.05) is 5.32 Å². The summed E-state index contributed by atoms with van der Waals surface area (Å²) in [5.74, 6) is -0.481. The summed E-state index contributed by atoms with van der Waals surface area (Å²) in [4.78, 5) is 12.7. The first-order valence-corrected chi connectivity index (χ1v) is 11.3. The van der Waals surface area contributed by atoms with Crippen LogP contribution in [-0.2, 0) is 29.8 Å². The van der Waals surface area contributed by atoms with E-state index in [2.05, 4.69) is 24.0 Å². The lowest BCUT2D eigenvalue weighted by molar-refractivity contribution is -0.142. The Morgan fingerprint density at radius 3 is 2.35 bits per heavy atom. The monoisotopic (exact) mass is 454 g/mol. The van der Waals surface area contributed by atoms with Gasteiger partial charge < -0.3 is 15.2 Å². The molecule has 5 nitrogen and oxygen atoms in total. The highest BCUT2D eigenvalue weighted by atomic mass is 16.5. The van der Waals surface area contributed by atoms with Gasteiger partial charge in [0.1, 0.15) is 12.4 Å². The fraction of sp³-hybridized carbons (Fsp3) is 0.241. The molecule has 0 aromatic heterocycles. The summed E-state index contributed by atoms with van der Waals surface area (Å²) in [6, 6.07) is 22.6. The third-order valence-corrected chi connectivity index (χ3v) is 5.73. The molecule has 174 valence electrons. The number of aryl methyl sites for hydroxylation is 1. The van der Waals surface area contributed by atoms with E-state index in [1.807, 2.05) is 50.2 Å². The number of nitrogens with one attached hydrogen (secondary N) is 1. The number of ether oxygens (including phenoxy) is 1. The van der Waals surface area contributed by atoms with Crippen LogP contribution in [0.3, 0.4) is 0 Å². The first-order chi connectivity index (χ1) is 16.3. The van der Waals surface area contributed by atoms with E-state index in [1.165, 1.54) is 0 Å². The Morgan fingerprint density at radius 2 is 1.79 bits per heavy atom. The fourth-order valence-corrected chi connectivity index (χ4v) is 3.84. The quantitative estimate of drug-likeness (QED) is 0.355. The van der Waals surface area contributed by atoms with Crippen LogP contribution >= 0.6 is 0 Å². The van der Waals surface area contributed by atoms with E-state index >= 15 is 0 Å². The zero-order valence-corrected chi connectivity index (χ0v) is 19.9. The highest BCUT2D eigenvalue weighted by Crippen LogP contribution is 2.38. The molecule has 0 aliphatic carbocycles. The summed E-state index contributed by atoms with van der Waals surface area (Å²) >= 11 is 0. The third-order valence-electron chi connectivity index (χ3n) is 5.73. The lowest BCUT2D eigenvalue weighted by atomic mass is 9.86. The van der Waals surface area contributed by atoms with Gasteiger partial charge >= 0.3 is 5.97 Å². The average molecular weight is 455 g/mol. The second-order valence-corrected chi connectivity index (χ2v) is 8.64. The molecule has 0 spiro atoms. The molecule has 0 radical (unpaired) electrons. The number of nitrogens with zero attached hydrogens (tertiary/aromatic N) is 1. The van der Waals surface area contributed by atoms with Crippen molar-refractivity contribution in [3.8, 4) is 11.8 Å². The van der Waals surface area contributed by atoms with Crippen molar-refractivity contribution in [3.05, 3.63) is 107 Å². The average Bonchev–Trinajstić information content (AvgIpc) is 2.83. The Hall–Kier alpha value is -4.04. The minimum atomic E-state index is -1.48. The van der Waals surface area contributed by atoms with Gasteiger partial charge in [0.15, 0.2) is 5.54 Å². The molecular formula is C29H30N2O3. The summed E-state index contributed by atoms with van der Waals surface area (Å²) in [6.07, 6.45) is 1.33. The van der Waals surface area contributed by atoms with Crippen LogP contribution in [0, 0.1) is 11.3 Å². The van der Waals surface area contributed by atoms with Crippen molar-refractivity contribution < 1.29 is 14.6 Å². The Kier molecular flexibility index (Phi) is 7.75. The van der Waals surface area contributed by atoms with Crippen molar-refractivity contribution in [1.82, 2.24) is 0 Å². The molecule has 1 atom stereocenters. The molecule has 3 rings (SSSR count). The lowest BCUT2D eigenvalue weighted by Gasteiger charge is -2.31. The molecule has 1 unspecified atom stereocenters. The second-order valence-electron chi connectivity index (χ2n) is 8.64. The third kappa shape index (κ3) is 5.65. The molecule has 0 aliphatic heterocycles. The number of anilines is 1. The fourth-order valence-electron chi connectivity index (χ4n) is 3.84. The zero-order chi connectivity index (χ0) is 24.7. The molecule has 0 aliphatic rings. The Morgan fingerprint density at radius 1 is 1.12 bits per heavy atom. The van der Waals surface area contributed by atoms with E-state index in [4.69, 9.17) is 10.00 Å². The van der Waals surface area contributed by atoms with Gasteiger partial charge in [-0.05, 0) is 73.7 Å². The van der Waals surface area contributed by atoms with Gasteiger partial charge in [0.05, 0.1) is 11.6 Å². The summed E-state index contributed by atoms with van der Waals surface area (Å²) in [5.41, 5.74) is 4.06. The first-order valence-electron chi connectivity index (χ1n) is 11.3. The summed E-state index contributed by atoms with van der Waals surface area (Å²) in [6.45, 7) is 10.0. The SMILES string of the molecule is C=C(C)Cc1cc(CC)cc(C(C)(Nc2ccc(C#N)cc2)C(=O)O)c1OCc1ccccc1. The van der Waals surface area contributed by atoms with Crippen LogP contribution in [0.15, 0.2) is 78.9 Å². The maximum Gasteiger partial charge on any atom is 0.333 e. The highest BCUT2D eigenvalue weighted by Gasteiger charge is 2.39. The number of hydrogen-bond donors (Lipinski definition) is 2. The number of hydrogen-bond acceptors (Lipinski definition) is 4. The van der Waals surface area contributed by atoms with Crippen LogP contribution in [0.5, 0.6) is 5.75 Å². The largest absolute Gasteiger partial charge is 0.488 e. The number of allylic oxidation sites excluding steroid dienone is 1. The minimum Gasteiger partial charge on any atom is -0.488 e. The van der Waals surface area contributed by atoms with Crippen molar-refractivity contribution in [2.24, 2.45) is 0 Å². The van der Waals surface area contributed by atoms with Crippen LogP contribution in [0.25, 0.3) is 0 Å². The number of aliphatic carboxylic acids is 1. The van der Waals surface area contributed by atoms with Crippen LogP contribution in [0.2, 0.25) is 0 Å². The van der Waals surface area contributed by atoms with Crippen molar-refractivity contribution in [3.63, 3.8) is 0 Å². The number of carbonyl (C=O) groups is 1. The van der Waals surface area contributed by atoms with Crippen LogP contribution in [0.4, 0.5) is 5.69 Å². The number of carboxylic acid groups (broad SMARTS) is 1. The Balaban J connectivity index is 2.14. The maximum absolute atomic E-state index is 12.7. The van der Waals surface area contributed by atoms with E-state index in [0.717, 1.165) is 28.7 Å². The van der Waals surface area contributed by atoms with Crippen molar-refractivity contribution in [2.45, 2.75) is 45.8 Å². The Labute approximate surface area is 201 Å². The zero-order valence-electron chi connectivity index (χ0n) is 19.9. The van der Waals surface area contributed by atoms with Crippen molar-refractivity contribution in [1.29, 1.82) is 5.26 Å². The maximum atomic E-state index is 12.7. The van der Waals surface area contributed by atoms with Gasteiger partial charge in [-0.25, -0.2) is 4.79 Å². The van der Waals surface area contributed by atoms with Crippen molar-refractivity contribution >= 4 is 11.7 Å². The van der Waals surface area contributed by atoms with Gasteiger partial charge in [0.2, 0.25) is 0 Å². The molecule has 5 heteroatoms. The van der Waals surface area contributed by atoms with E-state index in [-0.39, 0.29) is 0 Å². The first kappa shape index (κ1) is 24.6. The van der Waals surface area contributed by atoms with Gasteiger partial charge in [0, 0.05) is 11.3 Å². The predicted octanol–water partition coefficient (Wildman–Crippen LogP) is 6.23. The van der Waals surface area contributed by atoms with Gasteiger partial charge in [-0.1, -0.05) is 55.5 Å². The summed E-state index contributed by atoms with van der Waals surface area (Å²) in [7, 11) is 0. The van der Waals surface area contributed by atoms with E-state index in [9.17, 15) is 9.90 Å². The summed E-state index contributed by atoms with van der Waals surface area (Å²) in [5, 5.41) is 22.7. The van der Waals surface area contributed by atoms with Crippen LogP contribution < -0.4 is 10.1 Å². The molecule has 0 fully saturated rings. The van der Waals surface area contributed by atoms with Gasteiger partial charge in [-0.15, -0.1) is 0 Å². The molecule has 34 heavy (non-hydrogen) atoms. The number of carboxylic acids is 1. The molecule has 2 N–H and O–H groups in total.